The molecule has 0 radical (unpaired) electrons. The van der Waals surface area contributed by atoms with Crippen LogP contribution in [0.15, 0.2) is 24.3 Å². The molecule has 2 N–H and O–H groups in total. The summed E-state index contributed by atoms with van der Waals surface area (Å²) < 4.78 is 0. The summed E-state index contributed by atoms with van der Waals surface area (Å²) in [7, 11) is 0. The lowest BCUT2D eigenvalue weighted by atomic mass is 10.0. The summed E-state index contributed by atoms with van der Waals surface area (Å²) in [4.78, 5) is 12.1. The summed E-state index contributed by atoms with van der Waals surface area (Å²) in [5, 5.41) is 6.13. The van der Waals surface area contributed by atoms with E-state index in [2.05, 4.69) is 30.5 Å². The number of hydrogen-bond acceptors (Lipinski definition) is 1. The molecule has 0 atom stereocenters. The Morgan fingerprint density at radius 3 is 2.40 bits per heavy atom. The molecule has 110 valence electrons. The first-order chi connectivity index (χ1) is 9.66. The molecule has 1 aliphatic rings. The zero-order valence-electron chi connectivity index (χ0n) is 12.6. The highest BCUT2D eigenvalue weighted by Crippen LogP contribution is 2.23. The highest BCUT2D eigenvalue weighted by Gasteiger charge is 2.15. The van der Waals surface area contributed by atoms with E-state index in [-0.39, 0.29) is 6.03 Å². The van der Waals surface area contributed by atoms with Gasteiger partial charge in [-0.05, 0) is 30.4 Å². The molecule has 1 aliphatic carbocycles. The molecule has 0 heterocycles. The smallest absolute Gasteiger partial charge is 0.319 e. The third-order valence-corrected chi connectivity index (χ3v) is 4.02. The number of carbonyl (C=O) groups is 1. The van der Waals surface area contributed by atoms with Crippen molar-refractivity contribution in [3.8, 4) is 0 Å². The summed E-state index contributed by atoms with van der Waals surface area (Å²) in [6.07, 6.45) is 7.28. The predicted molar refractivity (Wildman–Crippen MR) is 84.2 cm³/mol. The fourth-order valence-corrected chi connectivity index (χ4v) is 2.88. The number of benzene rings is 1. The molecule has 0 aromatic heterocycles. The molecule has 0 spiro atoms. The van der Waals surface area contributed by atoms with Crippen molar-refractivity contribution in [3.05, 3.63) is 29.8 Å². The second-order valence-electron chi connectivity index (χ2n) is 6.03. The van der Waals surface area contributed by atoms with Crippen molar-refractivity contribution in [1.82, 2.24) is 5.32 Å². The Kier molecular flexibility index (Phi) is 5.45. The number of amides is 2. The first-order valence-electron chi connectivity index (χ1n) is 7.83. The quantitative estimate of drug-likeness (QED) is 0.774. The molecule has 2 amide bonds. The van der Waals surface area contributed by atoms with Crippen LogP contribution in [0.5, 0.6) is 0 Å². The topological polar surface area (TPSA) is 41.1 Å². The van der Waals surface area contributed by atoms with Crippen molar-refractivity contribution in [2.45, 2.75) is 64.3 Å². The zero-order valence-corrected chi connectivity index (χ0v) is 12.6. The van der Waals surface area contributed by atoms with Crippen molar-refractivity contribution in [2.75, 3.05) is 5.32 Å². The molecule has 1 fully saturated rings. The molecule has 2 rings (SSSR count). The van der Waals surface area contributed by atoms with Gasteiger partial charge in [-0.2, -0.15) is 0 Å². The van der Waals surface area contributed by atoms with Crippen LogP contribution in [-0.2, 0) is 0 Å². The van der Waals surface area contributed by atoms with Crippen molar-refractivity contribution >= 4 is 11.7 Å². The van der Waals surface area contributed by atoms with Gasteiger partial charge in [-0.15, -0.1) is 0 Å². The molecule has 1 saturated carbocycles. The number of nitrogens with one attached hydrogen (secondary N) is 2. The highest BCUT2D eigenvalue weighted by atomic mass is 16.2. The summed E-state index contributed by atoms with van der Waals surface area (Å²) in [6, 6.07) is 8.30. The van der Waals surface area contributed by atoms with Crippen molar-refractivity contribution in [1.29, 1.82) is 0 Å². The minimum atomic E-state index is -0.0648. The van der Waals surface area contributed by atoms with Gasteiger partial charge in [0.25, 0.3) is 0 Å². The zero-order chi connectivity index (χ0) is 14.4. The second-order valence-corrected chi connectivity index (χ2v) is 6.03. The number of hydrogen-bond donors (Lipinski definition) is 2. The number of para-hydroxylation sites is 1. The summed E-state index contributed by atoms with van der Waals surface area (Å²) >= 11 is 0. The lowest BCUT2D eigenvalue weighted by molar-refractivity contribution is 0.247. The maximum Gasteiger partial charge on any atom is 0.319 e. The van der Waals surface area contributed by atoms with Gasteiger partial charge in [0, 0.05) is 11.7 Å². The number of urea groups is 1. The van der Waals surface area contributed by atoms with Gasteiger partial charge in [-0.1, -0.05) is 57.7 Å². The van der Waals surface area contributed by atoms with Crippen LogP contribution < -0.4 is 10.6 Å². The molecular formula is C17H26N2O. The SMILES string of the molecule is CC(C)c1ccccc1NC(=O)NC1CCCCCC1. The minimum Gasteiger partial charge on any atom is -0.335 e. The van der Waals surface area contributed by atoms with Crippen molar-refractivity contribution in [2.24, 2.45) is 0 Å². The predicted octanol–water partition coefficient (Wildman–Crippen LogP) is 4.65. The van der Waals surface area contributed by atoms with Gasteiger partial charge in [-0.3, -0.25) is 0 Å². The third-order valence-electron chi connectivity index (χ3n) is 4.02. The average Bonchev–Trinajstić information content (AvgIpc) is 2.67. The summed E-state index contributed by atoms with van der Waals surface area (Å²) in [6.45, 7) is 4.29. The van der Waals surface area contributed by atoms with Crippen LogP contribution in [0.25, 0.3) is 0 Å². The molecule has 0 bridgehead atoms. The monoisotopic (exact) mass is 274 g/mol. The molecule has 3 heteroatoms. The molecule has 0 unspecified atom stereocenters. The van der Waals surface area contributed by atoms with E-state index in [1.807, 2.05) is 18.2 Å². The van der Waals surface area contributed by atoms with E-state index in [9.17, 15) is 4.79 Å². The first-order valence-corrected chi connectivity index (χ1v) is 7.83. The maximum atomic E-state index is 12.1. The van der Waals surface area contributed by atoms with E-state index in [1.165, 1.54) is 31.2 Å². The maximum absolute atomic E-state index is 12.1. The number of rotatable bonds is 3. The fraction of sp³-hybridized carbons (Fsp3) is 0.588. The van der Waals surface area contributed by atoms with Gasteiger partial charge in [0.15, 0.2) is 0 Å². The molecule has 1 aromatic carbocycles. The van der Waals surface area contributed by atoms with E-state index in [1.54, 1.807) is 0 Å². The van der Waals surface area contributed by atoms with Crippen LogP contribution in [0.4, 0.5) is 10.5 Å². The largest absolute Gasteiger partial charge is 0.335 e. The van der Waals surface area contributed by atoms with E-state index in [4.69, 9.17) is 0 Å². The van der Waals surface area contributed by atoms with Crippen LogP contribution in [0.3, 0.4) is 0 Å². The Bertz CT molecular complexity index is 434. The van der Waals surface area contributed by atoms with Gasteiger partial charge < -0.3 is 10.6 Å². The fourth-order valence-electron chi connectivity index (χ4n) is 2.88. The Morgan fingerprint density at radius 1 is 1.10 bits per heavy atom. The van der Waals surface area contributed by atoms with E-state index in [0.717, 1.165) is 18.5 Å². The Labute approximate surface area is 122 Å². The molecular weight excluding hydrogens is 248 g/mol. The Hall–Kier alpha value is -1.51. The van der Waals surface area contributed by atoms with Crippen molar-refractivity contribution < 1.29 is 4.79 Å². The summed E-state index contributed by atoms with van der Waals surface area (Å²) in [5.41, 5.74) is 2.11. The van der Waals surface area contributed by atoms with Crippen LogP contribution >= 0.6 is 0 Å². The normalized spacial score (nSPS) is 16.8. The van der Waals surface area contributed by atoms with Crippen LogP contribution in [0.1, 0.15) is 63.9 Å². The van der Waals surface area contributed by atoms with E-state index < -0.39 is 0 Å². The Morgan fingerprint density at radius 2 is 1.75 bits per heavy atom. The lowest BCUT2D eigenvalue weighted by Gasteiger charge is -2.18. The minimum absolute atomic E-state index is 0.0648. The van der Waals surface area contributed by atoms with Gasteiger partial charge in [-0.25, -0.2) is 4.79 Å². The molecule has 0 saturated heterocycles. The summed E-state index contributed by atoms with van der Waals surface area (Å²) in [5.74, 6) is 0.407. The Balaban J connectivity index is 1.94. The highest BCUT2D eigenvalue weighted by molar-refractivity contribution is 5.90. The molecule has 20 heavy (non-hydrogen) atoms. The molecule has 1 aromatic rings. The molecule has 3 nitrogen and oxygen atoms in total. The lowest BCUT2D eigenvalue weighted by Crippen LogP contribution is -2.37. The van der Waals surface area contributed by atoms with Crippen LogP contribution in [-0.4, -0.2) is 12.1 Å². The number of carbonyl (C=O) groups excluding carboxylic acids is 1. The van der Waals surface area contributed by atoms with Gasteiger partial charge in [0.2, 0.25) is 0 Å². The van der Waals surface area contributed by atoms with Gasteiger partial charge >= 0.3 is 6.03 Å². The van der Waals surface area contributed by atoms with E-state index in [0.29, 0.717) is 12.0 Å². The third kappa shape index (κ3) is 4.26. The molecule has 0 aliphatic heterocycles. The first kappa shape index (κ1) is 14.9. The standard InChI is InChI=1S/C17H26N2O/c1-13(2)15-11-7-8-12-16(15)19-17(20)18-14-9-5-3-4-6-10-14/h7-8,11-14H,3-6,9-10H2,1-2H3,(H2,18,19,20). The van der Waals surface area contributed by atoms with Crippen molar-refractivity contribution in [3.63, 3.8) is 0 Å². The van der Waals surface area contributed by atoms with Crippen LogP contribution in [0, 0.1) is 0 Å². The van der Waals surface area contributed by atoms with Gasteiger partial charge in [0.05, 0.1) is 0 Å². The average molecular weight is 274 g/mol. The van der Waals surface area contributed by atoms with E-state index >= 15 is 0 Å². The number of anilines is 1. The van der Waals surface area contributed by atoms with Gasteiger partial charge in [0.1, 0.15) is 0 Å². The van der Waals surface area contributed by atoms with Crippen LogP contribution in [0.2, 0.25) is 0 Å². The second kappa shape index (κ2) is 7.32.